The molecule has 0 amide bonds. The van der Waals surface area contributed by atoms with Gasteiger partial charge in [0.05, 0.1) is 29.9 Å². The van der Waals surface area contributed by atoms with Crippen molar-refractivity contribution in [1.82, 2.24) is 19.7 Å². The lowest BCUT2D eigenvalue weighted by Crippen LogP contribution is -2.03. The van der Waals surface area contributed by atoms with Crippen LogP contribution in [0.25, 0.3) is 22.1 Å². The number of ether oxygens (including phenoxy) is 2. The third-order valence-electron chi connectivity index (χ3n) is 5.53. The molecule has 0 fully saturated rings. The van der Waals surface area contributed by atoms with E-state index in [4.69, 9.17) is 14.5 Å². The molecule has 0 saturated carbocycles. The number of fused-ring (bicyclic) bond motifs is 3. The molecule has 0 radical (unpaired) electrons. The molecule has 0 aliphatic rings. The zero-order chi connectivity index (χ0) is 23.9. The molecule has 4 aromatic rings. The van der Waals surface area contributed by atoms with Crippen LogP contribution in [0.5, 0.6) is 11.5 Å². The van der Waals surface area contributed by atoms with Gasteiger partial charge >= 0.3 is 0 Å². The summed E-state index contributed by atoms with van der Waals surface area (Å²) >= 11 is 3.53. The van der Waals surface area contributed by atoms with Crippen molar-refractivity contribution >= 4 is 50.2 Å². The molecule has 0 bridgehead atoms. The molecule has 0 spiro atoms. The van der Waals surface area contributed by atoms with Crippen LogP contribution in [-0.2, 0) is 6.54 Å². The number of anilines is 1. The molecule has 0 atom stereocenters. The topological polar surface area (TPSA) is 86.5 Å². The van der Waals surface area contributed by atoms with Crippen molar-refractivity contribution in [1.29, 1.82) is 0 Å². The van der Waals surface area contributed by atoms with Gasteiger partial charge in [0.2, 0.25) is 0 Å². The van der Waals surface area contributed by atoms with Gasteiger partial charge in [-0.05, 0) is 53.0 Å². The Hall–Kier alpha value is -3.20. The number of rotatable bonds is 11. The molecular formula is C25H29BrN6O2. The van der Waals surface area contributed by atoms with Crippen LogP contribution in [0.1, 0.15) is 45.1 Å². The Morgan fingerprint density at radius 2 is 1.97 bits per heavy atom. The number of nitrogens with one attached hydrogen (secondary N) is 1. The number of benzene rings is 2. The minimum Gasteiger partial charge on any atom is -0.493 e. The van der Waals surface area contributed by atoms with Gasteiger partial charge < -0.3 is 14.0 Å². The first-order valence-electron chi connectivity index (χ1n) is 11.6. The summed E-state index contributed by atoms with van der Waals surface area (Å²) in [6.45, 7) is 5.59. The van der Waals surface area contributed by atoms with Gasteiger partial charge in [-0.15, -0.1) is 10.2 Å². The number of aryl methyl sites for hydroxylation is 1. The van der Waals surface area contributed by atoms with Crippen LogP contribution in [-0.4, -0.2) is 39.7 Å². The zero-order valence-corrected chi connectivity index (χ0v) is 21.3. The van der Waals surface area contributed by atoms with E-state index in [0.29, 0.717) is 24.1 Å². The highest BCUT2D eigenvalue weighted by Crippen LogP contribution is 2.36. The Kier molecular flexibility index (Phi) is 7.95. The third-order valence-corrected chi connectivity index (χ3v) is 6.12. The van der Waals surface area contributed by atoms with Crippen molar-refractivity contribution in [3.8, 4) is 11.5 Å². The average molecular weight is 525 g/mol. The average Bonchev–Trinajstić information content (AvgIpc) is 3.16. The number of hydrogen-bond donors (Lipinski definition) is 1. The second-order valence-corrected chi connectivity index (χ2v) is 8.73. The maximum Gasteiger partial charge on any atom is 0.265 e. The van der Waals surface area contributed by atoms with Crippen molar-refractivity contribution in [2.45, 2.75) is 46.1 Å². The Morgan fingerprint density at radius 1 is 1.12 bits per heavy atom. The molecule has 1 N–H and O–H groups in total. The molecule has 0 unspecified atom stereocenters. The first-order valence-corrected chi connectivity index (χ1v) is 12.4. The summed E-state index contributed by atoms with van der Waals surface area (Å²) in [5.41, 5.74) is 6.50. The predicted molar refractivity (Wildman–Crippen MR) is 140 cm³/mol. The number of para-hydroxylation sites is 1. The van der Waals surface area contributed by atoms with Crippen LogP contribution < -0.4 is 14.9 Å². The van der Waals surface area contributed by atoms with Crippen LogP contribution in [0.4, 0.5) is 5.95 Å². The van der Waals surface area contributed by atoms with E-state index in [1.807, 2.05) is 31.2 Å². The van der Waals surface area contributed by atoms with Gasteiger partial charge in [0.15, 0.2) is 17.1 Å². The Morgan fingerprint density at radius 3 is 2.76 bits per heavy atom. The van der Waals surface area contributed by atoms with Gasteiger partial charge in [0.1, 0.15) is 5.52 Å². The number of unbranched alkanes of at least 4 members (excludes halogenated alkanes) is 3. The Balaban J connectivity index is 1.59. The fraction of sp³-hybridized carbons (Fsp3) is 0.360. The highest BCUT2D eigenvalue weighted by Gasteiger charge is 2.14. The molecule has 2 aromatic carbocycles. The van der Waals surface area contributed by atoms with Crippen LogP contribution in [0, 0.1) is 0 Å². The second kappa shape index (κ2) is 11.3. The lowest BCUT2D eigenvalue weighted by Gasteiger charge is -2.11. The van der Waals surface area contributed by atoms with Gasteiger partial charge in [-0.2, -0.15) is 10.1 Å². The summed E-state index contributed by atoms with van der Waals surface area (Å²) in [6, 6.07) is 12.0. The SMILES string of the molecule is CCCCCCn1c2ccccc2c2nnc(N/N=C/c3cc(Br)c(OCC)c(OC)c3)nc21. The van der Waals surface area contributed by atoms with Crippen molar-refractivity contribution < 1.29 is 9.47 Å². The van der Waals surface area contributed by atoms with E-state index in [9.17, 15) is 0 Å². The molecule has 9 heteroatoms. The van der Waals surface area contributed by atoms with Crippen molar-refractivity contribution in [3.63, 3.8) is 0 Å². The van der Waals surface area contributed by atoms with Crippen LogP contribution >= 0.6 is 15.9 Å². The Labute approximate surface area is 207 Å². The van der Waals surface area contributed by atoms with E-state index in [0.717, 1.165) is 45.1 Å². The van der Waals surface area contributed by atoms with Crippen LogP contribution in [0.15, 0.2) is 46.0 Å². The normalized spacial score (nSPS) is 11.5. The first kappa shape index (κ1) is 23.9. The first-order chi connectivity index (χ1) is 16.7. The Bertz CT molecular complexity index is 1300. The summed E-state index contributed by atoms with van der Waals surface area (Å²) in [5.74, 6) is 1.64. The van der Waals surface area contributed by atoms with Gasteiger partial charge in [-0.3, -0.25) is 0 Å². The number of hydrazone groups is 1. The van der Waals surface area contributed by atoms with Crippen molar-refractivity contribution in [3.05, 3.63) is 46.4 Å². The largest absolute Gasteiger partial charge is 0.493 e. The fourth-order valence-corrected chi connectivity index (χ4v) is 4.51. The van der Waals surface area contributed by atoms with E-state index >= 15 is 0 Å². The number of halogens is 1. The summed E-state index contributed by atoms with van der Waals surface area (Å²) in [5, 5.41) is 14.1. The maximum atomic E-state index is 5.64. The quantitative estimate of drug-likeness (QED) is 0.143. The number of aromatic nitrogens is 4. The predicted octanol–water partition coefficient (Wildman–Crippen LogP) is 6.18. The van der Waals surface area contributed by atoms with Crippen LogP contribution in [0.3, 0.4) is 0 Å². The summed E-state index contributed by atoms with van der Waals surface area (Å²) in [6.07, 6.45) is 6.41. The van der Waals surface area contributed by atoms with E-state index in [2.05, 4.69) is 60.3 Å². The molecule has 8 nitrogen and oxygen atoms in total. The standard InChI is InChI=1S/C25H29BrN6O2/c1-4-6-7-10-13-32-20-12-9-8-11-18(20)22-24(32)28-25(31-29-22)30-27-16-17-14-19(26)23(34-5-2)21(15-17)33-3/h8-9,11-12,14-16H,4-7,10,13H2,1-3H3,(H,28,30,31)/b27-16+. The molecule has 34 heavy (non-hydrogen) atoms. The third kappa shape index (κ3) is 5.14. The van der Waals surface area contributed by atoms with E-state index in [1.165, 1.54) is 19.3 Å². The van der Waals surface area contributed by atoms with Crippen LogP contribution in [0.2, 0.25) is 0 Å². The monoisotopic (exact) mass is 524 g/mol. The minimum atomic E-state index is 0.346. The summed E-state index contributed by atoms with van der Waals surface area (Å²) in [7, 11) is 1.61. The highest BCUT2D eigenvalue weighted by atomic mass is 79.9. The molecule has 0 aliphatic carbocycles. The smallest absolute Gasteiger partial charge is 0.265 e. The maximum absolute atomic E-state index is 5.64. The van der Waals surface area contributed by atoms with Crippen molar-refractivity contribution in [2.75, 3.05) is 19.1 Å². The van der Waals surface area contributed by atoms with Crippen molar-refractivity contribution in [2.24, 2.45) is 5.10 Å². The number of nitrogens with zero attached hydrogens (tertiary/aromatic N) is 5. The van der Waals surface area contributed by atoms with E-state index in [1.54, 1.807) is 13.3 Å². The van der Waals surface area contributed by atoms with E-state index in [-0.39, 0.29) is 0 Å². The molecule has 0 saturated heterocycles. The zero-order valence-electron chi connectivity index (χ0n) is 19.7. The second-order valence-electron chi connectivity index (χ2n) is 7.87. The van der Waals surface area contributed by atoms with Gasteiger partial charge in [0.25, 0.3) is 5.95 Å². The number of methoxy groups -OCH3 is 1. The van der Waals surface area contributed by atoms with Gasteiger partial charge in [-0.25, -0.2) is 5.43 Å². The molecule has 178 valence electrons. The fourth-order valence-electron chi connectivity index (χ4n) is 3.94. The molecule has 2 aromatic heterocycles. The molecule has 4 rings (SSSR count). The summed E-state index contributed by atoms with van der Waals surface area (Å²) < 4.78 is 14.1. The van der Waals surface area contributed by atoms with E-state index < -0.39 is 0 Å². The summed E-state index contributed by atoms with van der Waals surface area (Å²) in [4.78, 5) is 4.74. The van der Waals surface area contributed by atoms with Gasteiger partial charge in [-0.1, -0.05) is 44.4 Å². The number of hydrogen-bond acceptors (Lipinski definition) is 7. The molecule has 0 aliphatic heterocycles. The highest BCUT2D eigenvalue weighted by molar-refractivity contribution is 9.10. The lowest BCUT2D eigenvalue weighted by atomic mass is 10.2. The van der Waals surface area contributed by atoms with Gasteiger partial charge in [0, 0.05) is 11.9 Å². The molecular weight excluding hydrogens is 496 g/mol. The lowest BCUT2D eigenvalue weighted by molar-refractivity contribution is 0.309. The minimum absolute atomic E-state index is 0.346. The molecule has 2 heterocycles.